The Kier molecular flexibility index (Phi) is 6.83. The molecule has 0 aromatic carbocycles. The molecule has 1 saturated carbocycles. The highest BCUT2D eigenvalue weighted by Gasteiger charge is 2.25. The summed E-state index contributed by atoms with van der Waals surface area (Å²) in [6, 6.07) is 0.560. The average Bonchev–Trinajstić information content (AvgIpc) is 3.06. The predicted octanol–water partition coefficient (Wildman–Crippen LogP) is 3.18. The minimum atomic E-state index is 0.560. The number of thiazole rings is 1. The number of aromatic nitrogens is 1. The van der Waals surface area contributed by atoms with Crippen molar-refractivity contribution < 1.29 is 0 Å². The highest BCUT2D eigenvalue weighted by atomic mass is 32.2. The Hall–Kier alpha value is -0.750. The molecule has 1 heterocycles. The number of aliphatic imine (C=N–C) groups is 1. The van der Waals surface area contributed by atoms with Crippen LogP contribution in [0.25, 0.3) is 0 Å². The van der Waals surface area contributed by atoms with Crippen molar-refractivity contribution in [2.24, 2.45) is 4.99 Å². The van der Waals surface area contributed by atoms with Crippen LogP contribution in [0.1, 0.15) is 43.0 Å². The summed E-state index contributed by atoms with van der Waals surface area (Å²) >= 11 is 3.81. The van der Waals surface area contributed by atoms with Crippen molar-refractivity contribution in [1.82, 2.24) is 15.6 Å². The number of hydrogen-bond acceptors (Lipinski definition) is 4. The monoisotopic (exact) mass is 326 g/mol. The molecule has 1 aliphatic carbocycles. The maximum atomic E-state index is 4.67. The highest BCUT2D eigenvalue weighted by Crippen LogP contribution is 2.29. The molecular weight excluding hydrogens is 300 g/mol. The van der Waals surface area contributed by atoms with Crippen LogP contribution < -0.4 is 10.6 Å². The standard InChI is InChI=1S/C15H26N4S2/c1-4-16-15(18-10-14-17-9-11(3)21-14)19-12-6-7-13(8-12)20-5-2/h9,12-13H,4-8,10H2,1-3H3,(H2,16,18,19). The van der Waals surface area contributed by atoms with E-state index in [2.05, 4.69) is 53.1 Å². The summed E-state index contributed by atoms with van der Waals surface area (Å²) in [5.41, 5.74) is 0. The number of nitrogens with one attached hydrogen (secondary N) is 2. The topological polar surface area (TPSA) is 49.3 Å². The third-order valence-electron chi connectivity index (χ3n) is 3.51. The number of thioether (sulfide) groups is 1. The maximum Gasteiger partial charge on any atom is 0.191 e. The lowest BCUT2D eigenvalue weighted by Crippen LogP contribution is -2.42. The average molecular weight is 327 g/mol. The van der Waals surface area contributed by atoms with Crippen LogP contribution >= 0.6 is 23.1 Å². The van der Waals surface area contributed by atoms with Crippen LogP contribution in [0.5, 0.6) is 0 Å². The summed E-state index contributed by atoms with van der Waals surface area (Å²) in [5.74, 6) is 2.15. The van der Waals surface area contributed by atoms with E-state index in [9.17, 15) is 0 Å². The zero-order valence-electron chi connectivity index (χ0n) is 13.2. The van der Waals surface area contributed by atoms with Crippen molar-refractivity contribution in [1.29, 1.82) is 0 Å². The molecule has 1 aromatic heterocycles. The minimum Gasteiger partial charge on any atom is -0.357 e. The second-order valence-electron chi connectivity index (χ2n) is 5.29. The maximum absolute atomic E-state index is 4.67. The van der Waals surface area contributed by atoms with E-state index in [1.54, 1.807) is 11.3 Å². The lowest BCUT2D eigenvalue weighted by Gasteiger charge is -2.17. The first-order chi connectivity index (χ1) is 10.2. The molecule has 6 heteroatoms. The van der Waals surface area contributed by atoms with Gasteiger partial charge in [0.1, 0.15) is 5.01 Å². The van der Waals surface area contributed by atoms with Gasteiger partial charge in [0.15, 0.2) is 5.96 Å². The van der Waals surface area contributed by atoms with Crippen LogP contribution in [0.4, 0.5) is 0 Å². The number of hydrogen-bond donors (Lipinski definition) is 2. The van der Waals surface area contributed by atoms with Gasteiger partial charge in [0, 0.05) is 28.9 Å². The van der Waals surface area contributed by atoms with Crippen LogP contribution in [0.2, 0.25) is 0 Å². The SMILES string of the molecule is CCNC(=NCc1ncc(C)s1)NC1CCC(SCC)C1. The van der Waals surface area contributed by atoms with Gasteiger partial charge in [-0.25, -0.2) is 9.98 Å². The number of guanidine groups is 1. The lowest BCUT2D eigenvalue weighted by atomic mass is 10.2. The smallest absolute Gasteiger partial charge is 0.191 e. The Morgan fingerprint density at radius 3 is 3.00 bits per heavy atom. The first-order valence-electron chi connectivity index (χ1n) is 7.79. The predicted molar refractivity (Wildman–Crippen MR) is 94.4 cm³/mol. The number of nitrogens with zero attached hydrogens (tertiary/aromatic N) is 2. The largest absolute Gasteiger partial charge is 0.357 e. The summed E-state index contributed by atoms with van der Waals surface area (Å²) < 4.78 is 0. The van der Waals surface area contributed by atoms with Crippen LogP contribution in [0.15, 0.2) is 11.2 Å². The van der Waals surface area contributed by atoms with Crippen LogP contribution in [-0.2, 0) is 6.54 Å². The van der Waals surface area contributed by atoms with Crippen molar-refractivity contribution in [2.45, 2.75) is 57.9 Å². The fourth-order valence-corrected chi connectivity index (χ4v) is 4.45. The summed E-state index contributed by atoms with van der Waals surface area (Å²) in [6.45, 7) is 7.98. The van der Waals surface area contributed by atoms with E-state index in [1.165, 1.54) is 29.9 Å². The normalized spacial score (nSPS) is 22.5. The Morgan fingerprint density at radius 2 is 2.33 bits per heavy atom. The molecule has 21 heavy (non-hydrogen) atoms. The second-order valence-corrected chi connectivity index (χ2v) is 8.19. The van der Waals surface area contributed by atoms with E-state index < -0.39 is 0 Å². The minimum absolute atomic E-state index is 0.560. The van der Waals surface area contributed by atoms with Gasteiger partial charge in [-0.05, 0) is 38.9 Å². The van der Waals surface area contributed by atoms with E-state index >= 15 is 0 Å². The van der Waals surface area contributed by atoms with Crippen molar-refractivity contribution in [2.75, 3.05) is 12.3 Å². The van der Waals surface area contributed by atoms with Crippen molar-refractivity contribution in [3.63, 3.8) is 0 Å². The van der Waals surface area contributed by atoms with Gasteiger partial charge in [0.2, 0.25) is 0 Å². The van der Waals surface area contributed by atoms with Gasteiger partial charge in [-0.15, -0.1) is 11.3 Å². The molecule has 2 rings (SSSR count). The Bertz CT molecular complexity index is 458. The van der Waals surface area contributed by atoms with Crippen LogP contribution in [0.3, 0.4) is 0 Å². The van der Waals surface area contributed by atoms with Crippen molar-refractivity contribution >= 4 is 29.1 Å². The summed E-state index contributed by atoms with van der Waals surface area (Å²) in [5, 5.41) is 8.82. The molecule has 0 saturated heterocycles. The van der Waals surface area contributed by atoms with Gasteiger partial charge in [-0.1, -0.05) is 6.92 Å². The molecule has 1 fully saturated rings. The quantitative estimate of drug-likeness (QED) is 0.623. The number of aryl methyl sites for hydroxylation is 1. The Balaban J connectivity index is 1.86. The Labute approximate surface area is 136 Å². The lowest BCUT2D eigenvalue weighted by molar-refractivity contribution is 0.615. The second kappa shape index (κ2) is 8.63. The number of rotatable bonds is 6. The van der Waals surface area contributed by atoms with E-state index in [0.29, 0.717) is 12.6 Å². The van der Waals surface area contributed by atoms with E-state index in [1.807, 2.05) is 6.20 Å². The molecule has 4 nitrogen and oxygen atoms in total. The van der Waals surface area contributed by atoms with Gasteiger partial charge in [-0.3, -0.25) is 0 Å². The van der Waals surface area contributed by atoms with Gasteiger partial charge >= 0.3 is 0 Å². The molecule has 0 amide bonds. The molecule has 118 valence electrons. The molecule has 1 aliphatic rings. The highest BCUT2D eigenvalue weighted by molar-refractivity contribution is 7.99. The van der Waals surface area contributed by atoms with Gasteiger partial charge in [-0.2, -0.15) is 11.8 Å². The third-order valence-corrected chi connectivity index (χ3v) is 5.64. The summed E-state index contributed by atoms with van der Waals surface area (Å²) in [6.07, 6.45) is 5.73. The molecule has 0 aliphatic heterocycles. The van der Waals surface area contributed by atoms with E-state index in [0.717, 1.165) is 22.8 Å². The zero-order valence-corrected chi connectivity index (χ0v) is 14.8. The molecule has 0 spiro atoms. The fourth-order valence-electron chi connectivity index (χ4n) is 2.59. The van der Waals surface area contributed by atoms with Gasteiger partial charge in [0.25, 0.3) is 0 Å². The first kappa shape index (κ1) is 16.6. The van der Waals surface area contributed by atoms with Gasteiger partial charge < -0.3 is 10.6 Å². The molecule has 2 unspecified atom stereocenters. The molecule has 0 radical (unpaired) electrons. The molecule has 2 N–H and O–H groups in total. The van der Waals surface area contributed by atoms with Crippen molar-refractivity contribution in [3.8, 4) is 0 Å². The van der Waals surface area contributed by atoms with Gasteiger partial charge in [0.05, 0.1) is 6.54 Å². The molecule has 2 atom stereocenters. The van der Waals surface area contributed by atoms with E-state index in [-0.39, 0.29) is 0 Å². The first-order valence-corrected chi connectivity index (χ1v) is 9.65. The van der Waals surface area contributed by atoms with E-state index in [4.69, 9.17) is 0 Å². The zero-order chi connectivity index (χ0) is 15.1. The third kappa shape index (κ3) is 5.51. The molecular formula is C15H26N4S2. The van der Waals surface area contributed by atoms with Crippen molar-refractivity contribution in [3.05, 3.63) is 16.1 Å². The molecule has 0 bridgehead atoms. The summed E-state index contributed by atoms with van der Waals surface area (Å²) in [7, 11) is 0. The molecule has 1 aromatic rings. The summed E-state index contributed by atoms with van der Waals surface area (Å²) in [4.78, 5) is 10.3. The fraction of sp³-hybridized carbons (Fsp3) is 0.733. The Morgan fingerprint density at radius 1 is 1.48 bits per heavy atom. The van der Waals surface area contributed by atoms with Crippen LogP contribution in [0, 0.1) is 6.92 Å². The van der Waals surface area contributed by atoms with Crippen LogP contribution in [-0.4, -0.2) is 34.5 Å².